The average molecular weight is 416 g/mol. The second kappa shape index (κ2) is 8.36. The Kier molecular flexibility index (Phi) is 5.46. The van der Waals surface area contributed by atoms with Gasteiger partial charge in [0.25, 0.3) is 0 Å². The summed E-state index contributed by atoms with van der Waals surface area (Å²) in [7, 11) is -3.74. The molecule has 4 rings (SSSR count). The van der Waals surface area contributed by atoms with Crippen molar-refractivity contribution in [1.82, 2.24) is 0 Å². The van der Waals surface area contributed by atoms with Crippen molar-refractivity contribution in [3.05, 3.63) is 103 Å². The SMILES string of the molecule is Nc1ccc(OP(=O)(Oc2ccc(N)cc2)c2ccc(-c3ccccc3)cc2)cc1. The van der Waals surface area contributed by atoms with Gasteiger partial charge in [0.15, 0.2) is 0 Å². The van der Waals surface area contributed by atoms with Crippen LogP contribution in [0.15, 0.2) is 103 Å². The van der Waals surface area contributed by atoms with Gasteiger partial charge < -0.3 is 20.5 Å². The maximum atomic E-state index is 13.9. The van der Waals surface area contributed by atoms with Crippen molar-refractivity contribution < 1.29 is 13.6 Å². The first-order chi connectivity index (χ1) is 14.5. The zero-order valence-corrected chi connectivity index (χ0v) is 17.0. The molecule has 0 atom stereocenters. The van der Waals surface area contributed by atoms with Gasteiger partial charge >= 0.3 is 7.60 Å². The number of anilines is 2. The standard InChI is InChI=1S/C24H21N2O3P/c25-20-8-12-22(13-9-20)28-30(27,29-23-14-10-21(26)11-15-23)24-16-6-19(7-17-24)18-4-2-1-3-5-18/h1-17H,25-26H2. The number of nitrogen functional groups attached to an aromatic ring is 2. The lowest BCUT2D eigenvalue weighted by Gasteiger charge is -2.20. The molecule has 0 saturated heterocycles. The largest absolute Gasteiger partial charge is 0.462 e. The number of benzene rings is 4. The van der Waals surface area contributed by atoms with Crippen LogP contribution in [-0.4, -0.2) is 0 Å². The second-order valence-corrected chi connectivity index (χ2v) is 8.61. The fraction of sp³-hybridized carbons (Fsp3) is 0. The highest BCUT2D eigenvalue weighted by Crippen LogP contribution is 2.48. The Bertz CT molecular complexity index is 1110. The summed E-state index contributed by atoms with van der Waals surface area (Å²) >= 11 is 0. The van der Waals surface area contributed by atoms with E-state index in [1.54, 1.807) is 60.7 Å². The number of hydrogen-bond acceptors (Lipinski definition) is 5. The van der Waals surface area contributed by atoms with Crippen LogP contribution in [0.4, 0.5) is 11.4 Å². The number of hydrogen-bond donors (Lipinski definition) is 2. The van der Waals surface area contributed by atoms with Crippen molar-refractivity contribution in [3.8, 4) is 22.6 Å². The molecule has 0 spiro atoms. The van der Waals surface area contributed by atoms with Crippen LogP contribution in [0.5, 0.6) is 11.5 Å². The second-order valence-electron chi connectivity index (χ2n) is 6.73. The van der Waals surface area contributed by atoms with Crippen LogP contribution < -0.4 is 25.8 Å². The Labute approximate surface area is 175 Å². The van der Waals surface area contributed by atoms with Gasteiger partial charge in [-0.25, -0.2) is 4.57 Å². The molecule has 0 aromatic heterocycles. The van der Waals surface area contributed by atoms with E-state index in [-0.39, 0.29) is 0 Å². The molecule has 0 aliphatic rings. The van der Waals surface area contributed by atoms with Gasteiger partial charge in [0.1, 0.15) is 11.5 Å². The molecule has 6 heteroatoms. The zero-order valence-electron chi connectivity index (χ0n) is 16.1. The fourth-order valence-corrected chi connectivity index (χ4v) is 4.49. The van der Waals surface area contributed by atoms with Gasteiger partial charge in [-0.2, -0.15) is 0 Å². The molecular weight excluding hydrogens is 395 g/mol. The van der Waals surface area contributed by atoms with Crippen LogP contribution in [-0.2, 0) is 4.57 Å². The summed E-state index contributed by atoms with van der Waals surface area (Å²) in [4.78, 5) is 0. The van der Waals surface area contributed by atoms with Gasteiger partial charge in [-0.15, -0.1) is 0 Å². The predicted molar refractivity (Wildman–Crippen MR) is 122 cm³/mol. The molecule has 0 radical (unpaired) electrons. The van der Waals surface area contributed by atoms with E-state index < -0.39 is 7.60 Å². The van der Waals surface area contributed by atoms with E-state index in [1.165, 1.54) is 0 Å². The number of nitrogens with two attached hydrogens (primary N) is 2. The highest BCUT2D eigenvalue weighted by molar-refractivity contribution is 7.63. The molecule has 0 bridgehead atoms. The monoisotopic (exact) mass is 416 g/mol. The smallest absolute Gasteiger partial charge is 0.413 e. The van der Waals surface area contributed by atoms with Crippen LogP contribution in [0.25, 0.3) is 11.1 Å². The van der Waals surface area contributed by atoms with Crippen molar-refractivity contribution in [2.45, 2.75) is 0 Å². The van der Waals surface area contributed by atoms with Crippen LogP contribution in [0.3, 0.4) is 0 Å². The third-order valence-electron chi connectivity index (χ3n) is 4.50. The minimum atomic E-state index is -3.74. The van der Waals surface area contributed by atoms with Crippen LogP contribution in [0.2, 0.25) is 0 Å². The Morgan fingerprint density at radius 3 is 1.43 bits per heavy atom. The first-order valence-corrected chi connectivity index (χ1v) is 10.9. The van der Waals surface area contributed by atoms with Crippen LogP contribution in [0.1, 0.15) is 0 Å². The topological polar surface area (TPSA) is 87.6 Å². The van der Waals surface area contributed by atoms with E-state index in [4.69, 9.17) is 20.5 Å². The summed E-state index contributed by atoms with van der Waals surface area (Å²) in [6.45, 7) is 0. The Balaban J connectivity index is 1.69. The molecule has 30 heavy (non-hydrogen) atoms. The minimum Gasteiger partial charge on any atom is -0.413 e. The molecule has 0 amide bonds. The molecule has 5 nitrogen and oxygen atoms in total. The van der Waals surface area contributed by atoms with Crippen molar-refractivity contribution >= 4 is 24.3 Å². The molecule has 4 aromatic carbocycles. The molecule has 150 valence electrons. The summed E-state index contributed by atoms with van der Waals surface area (Å²) in [5, 5.41) is 0.441. The van der Waals surface area contributed by atoms with E-state index in [0.29, 0.717) is 28.2 Å². The maximum Gasteiger partial charge on any atom is 0.462 e. The third kappa shape index (κ3) is 4.48. The average Bonchev–Trinajstić information content (AvgIpc) is 2.78. The summed E-state index contributed by atoms with van der Waals surface area (Å²) in [5.74, 6) is 0.797. The van der Waals surface area contributed by atoms with Gasteiger partial charge in [-0.1, -0.05) is 42.5 Å². The Morgan fingerprint density at radius 1 is 0.533 bits per heavy atom. The van der Waals surface area contributed by atoms with E-state index in [0.717, 1.165) is 11.1 Å². The van der Waals surface area contributed by atoms with Gasteiger partial charge in [-0.3, -0.25) is 0 Å². The van der Waals surface area contributed by atoms with Gasteiger partial charge in [-0.05, 0) is 71.8 Å². The first kappa shape index (κ1) is 19.6. The van der Waals surface area contributed by atoms with Crippen molar-refractivity contribution in [3.63, 3.8) is 0 Å². The Morgan fingerprint density at radius 2 is 0.967 bits per heavy atom. The number of rotatable bonds is 6. The molecule has 0 unspecified atom stereocenters. The molecule has 4 aromatic rings. The minimum absolute atomic E-state index is 0.398. The lowest BCUT2D eigenvalue weighted by Crippen LogP contribution is -2.14. The summed E-state index contributed by atoms with van der Waals surface area (Å²) in [6, 6.07) is 30.6. The summed E-state index contributed by atoms with van der Waals surface area (Å²) in [6.07, 6.45) is 0. The predicted octanol–water partition coefficient (Wildman–Crippen LogP) is 5.49. The maximum absolute atomic E-state index is 13.9. The van der Waals surface area contributed by atoms with E-state index >= 15 is 0 Å². The lowest BCUT2D eigenvalue weighted by molar-refractivity contribution is 0.399. The van der Waals surface area contributed by atoms with Gasteiger partial charge in [0.05, 0.1) is 5.30 Å². The lowest BCUT2D eigenvalue weighted by atomic mass is 10.1. The summed E-state index contributed by atoms with van der Waals surface area (Å²) in [5.41, 5.74) is 14.7. The van der Waals surface area contributed by atoms with E-state index in [2.05, 4.69) is 0 Å². The van der Waals surface area contributed by atoms with Gasteiger partial charge in [0, 0.05) is 11.4 Å². The Hall–Kier alpha value is -3.69. The molecular formula is C24H21N2O3P. The molecule has 0 saturated carbocycles. The van der Waals surface area contributed by atoms with Crippen molar-refractivity contribution in [2.75, 3.05) is 11.5 Å². The molecule has 4 N–H and O–H groups in total. The normalized spacial score (nSPS) is 11.1. The molecule has 0 aliphatic heterocycles. The van der Waals surface area contributed by atoms with E-state index in [1.807, 2.05) is 42.5 Å². The molecule has 0 fully saturated rings. The van der Waals surface area contributed by atoms with Gasteiger partial charge in [0.2, 0.25) is 0 Å². The molecule has 0 heterocycles. The van der Waals surface area contributed by atoms with E-state index in [9.17, 15) is 4.57 Å². The third-order valence-corrected chi connectivity index (χ3v) is 6.33. The van der Waals surface area contributed by atoms with Crippen molar-refractivity contribution in [1.29, 1.82) is 0 Å². The van der Waals surface area contributed by atoms with Crippen LogP contribution >= 0.6 is 7.60 Å². The van der Waals surface area contributed by atoms with Crippen molar-refractivity contribution in [2.24, 2.45) is 0 Å². The highest BCUT2D eigenvalue weighted by atomic mass is 31.2. The quantitative estimate of drug-likeness (QED) is 0.320. The first-order valence-electron chi connectivity index (χ1n) is 9.38. The van der Waals surface area contributed by atoms with Crippen LogP contribution in [0, 0.1) is 0 Å². The zero-order chi connectivity index (χ0) is 21.0. The highest BCUT2D eigenvalue weighted by Gasteiger charge is 2.31. The molecule has 0 aliphatic carbocycles. The summed E-state index contributed by atoms with van der Waals surface area (Å²) < 4.78 is 25.6. The fourth-order valence-electron chi connectivity index (χ4n) is 2.93.